The van der Waals surface area contributed by atoms with Crippen LogP contribution >= 0.6 is 0 Å². The first-order valence-corrected chi connectivity index (χ1v) is 9.39. The topological polar surface area (TPSA) is 64.0 Å². The van der Waals surface area contributed by atoms with E-state index in [0.29, 0.717) is 0 Å². The molecule has 0 aliphatic rings. The van der Waals surface area contributed by atoms with Crippen LogP contribution in [0.2, 0.25) is 0 Å². The van der Waals surface area contributed by atoms with E-state index < -0.39 is 10.0 Å². The van der Waals surface area contributed by atoms with Crippen molar-refractivity contribution in [3.63, 3.8) is 0 Å². The summed E-state index contributed by atoms with van der Waals surface area (Å²) < 4.78 is 29.5. The Kier molecular flexibility index (Phi) is 4.43. The van der Waals surface area contributed by atoms with Crippen molar-refractivity contribution in [2.24, 2.45) is 7.05 Å². The summed E-state index contributed by atoms with van der Waals surface area (Å²) in [6.45, 7) is 4.23. The number of hydrogen-bond acceptors (Lipinski definition) is 3. The van der Waals surface area contributed by atoms with Crippen molar-refractivity contribution in [1.29, 1.82) is 0 Å². The summed E-state index contributed by atoms with van der Waals surface area (Å²) in [6.07, 6.45) is 0.886. The second kappa shape index (κ2) is 6.37. The Balaban J connectivity index is 1.78. The molecule has 0 fully saturated rings. The molecule has 0 unspecified atom stereocenters. The number of fused-ring (bicyclic) bond motifs is 1. The molecule has 3 rings (SSSR count). The summed E-state index contributed by atoms with van der Waals surface area (Å²) in [5.74, 6) is 0.929. The van der Waals surface area contributed by atoms with Crippen molar-refractivity contribution in [1.82, 2.24) is 14.3 Å². The molecule has 1 N–H and O–H groups in total. The average molecular weight is 343 g/mol. The maximum absolute atomic E-state index is 12.4. The van der Waals surface area contributed by atoms with Gasteiger partial charge in [-0.1, -0.05) is 25.1 Å². The van der Waals surface area contributed by atoms with Crippen molar-refractivity contribution in [2.45, 2.75) is 31.7 Å². The molecule has 0 saturated carbocycles. The zero-order valence-corrected chi connectivity index (χ0v) is 14.9. The number of nitrogens with zero attached hydrogens (tertiary/aromatic N) is 2. The first kappa shape index (κ1) is 16.7. The minimum Gasteiger partial charge on any atom is -0.331 e. The van der Waals surface area contributed by atoms with Crippen LogP contribution in [0.1, 0.15) is 23.9 Å². The van der Waals surface area contributed by atoms with Crippen LogP contribution in [0, 0.1) is 6.92 Å². The van der Waals surface area contributed by atoms with E-state index in [4.69, 9.17) is 0 Å². The van der Waals surface area contributed by atoms with Crippen molar-refractivity contribution >= 4 is 21.1 Å². The lowest BCUT2D eigenvalue weighted by Gasteiger charge is -2.08. The fourth-order valence-corrected chi connectivity index (χ4v) is 3.66. The Morgan fingerprint density at radius 1 is 1.08 bits per heavy atom. The summed E-state index contributed by atoms with van der Waals surface area (Å²) in [6, 6.07) is 12.8. The summed E-state index contributed by atoms with van der Waals surface area (Å²) >= 11 is 0. The van der Waals surface area contributed by atoms with Gasteiger partial charge < -0.3 is 4.57 Å². The lowest BCUT2D eigenvalue weighted by molar-refractivity contribution is 0.581. The minimum atomic E-state index is -3.52. The Morgan fingerprint density at radius 2 is 1.75 bits per heavy atom. The molecule has 0 radical (unpaired) electrons. The lowest BCUT2D eigenvalue weighted by Crippen LogP contribution is -2.23. The third-order valence-electron chi connectivity index (χ3n) is 4.28. The van der Waals surface area contributed by atoms with E-state index in [1.165, 1.54) is 0 Å². The molecule has 0 amide bonds. The molecule has 5 nitrogen and oxygen atoms in total. The molecule has 0 bridgehead atoms. The monoisotopic (exact) mass is 343 g/mol. The number of benzene rings is 2. The van der Waals surface area contributed by atoms with E-state index in [-0.39, 0.29) is 11.4 Å². The second-order valence-corrected chi connectivity index (χ2v) is 7.63. The number of hydrogen-bond donors (Lipinski definition) is 1. The van der Waals surface area contributed by atoms with Gasteiger partial charge in [-0.3, -0.25) is 0 Å². The summed E-state index contributed by atoms with van der Waals surface area (Å²) in [5.41, 5.74) is 3.91. The van der Waals surface area contributed by atoms with Gasteiger partial charge in [-0.25, -0.2) is 18.1 Å². The van der Waals surface area contributed by atoms with Crippen LogP contribution < -0.4 is 4.72 Å². The van der Waals surface area contributed by atoms with Gasteiger partial charge in [0.05, 0.1) is 15.9 Å². The second-order valence-electron chi connectivity index (χ2n) is 5.86. The maximum Gasteiger partial charge on any atom is 0.240 e. The van der Waals surface area contributed by atoms with Crippen LogP contribution in [0.15, 0.2) is 47.4 Å². The van der Waals surface area contributed by atoms with Crippen molar-refractivity contribution in [3.05, 3.63) is 59.4 Å². The standard InChI is InChI=1S/C18H21N3O2S/c1-4-14-5-8-16(9-6-14)24(22,23)19-12-15-7-10-18-17(11-15)20-13(2)21(18)3/h5-11,19H,4,12H2,1-3H3. The number of aryl methyl sites for hydroxylation is 3. The number of imidazole rings is 1. The molecule has 1 heterocycles. The van der Waals surface area contributed by atoms with Gasteiger partial charge in [0.1, 0.15) is 5.82 Å². The Morgan fingerprint density at radius 3 is 2.42 bits per heavy atom. The summed E-state index contributed by atoms with van der Waals surface area (Å²) in [7, 11) is -1.55. The van der Waals surface area contributed by atoms with Crippen molar-refractivity contribution in [2.75, 3.05) is 0 Å². The van der Waals surface area contributed by atoms with E-state index in [2.05, 4.69) is 9.71 Å². The van der Waals surface area contributed by atoms with Crippen LogP contribution in [-0.2, 0) is 30.0 Å². The van der Waals surface area contributed by atoms with Gasteiger partial charge in [0, 0.05) is 13.6 Å². The fraction of sp³-hybridized carbons (Fsp3) is 0.278. The number of sulfonamides is 1. The fourth-order valence-electron chi connectivity index (χ4n) is 2.64. The van der Waals surface area contributed by atoms with E-state index >= 15 is 0 Å². The van der Waals surface area contributed by atoms with Gasteiger partial charge in [0.25, 0.3) is 0 Å². The van der Waals surface area contributed by atoms with Gasteiger partial charge in [-0.2, -0.15) is 0 Å². The number of rotatable bonds is 5. The molecule has 0 aliphatic carbocycles. The molecule has 0 saturated heterocycles. The Hall–Kier alpha value is -2.18. The molecule has 0 spiro atoms. The van der Waals surface area contributed by atoms with Gasteiger partial charge in [0.2, 0.25) is 10.0 Å². The Bertz CT molecular complexity index is 973. The van der Waals surface area contributed by atoms with Crippen LogP contribution in [0.3, 0.4) is 0 Å². The quantitative estimate of drug-likeness (QED) is 0.775. The average Bonchev–Trinajstić information content (AvgIpc) is 2.87. The minimum absolute atomic E-state index is 0.240. The summed E-state index contributed by atoms with van der Waals surface area (Å²) in [4.78, 5) is 4.77. The lowest BCUT2D eigenvalue weighted by atomic mass is 10.2. The number of aromatic nitrogens is 2. The molecule has 126 valence electrons. The molecule has 2 aromatic carbocycles. The predicted octanol–water partition coefficient (Wildman–Crippen LogP) is 2.92. The van der Waals surface area contributed by atoms with E-state index in [9.17, 15) is 8.42 Å². The Labute approximate surface area is 142 Å². The first-order chi connectivity index (χ1) is 11.4. The highest BCUT2D eigenvalue weighted by molar-refractivity contribution is 7.89. The predicted molar refractivity (Wildman–Crippen MR) is 95.3 cm³/mol. The zero-order valence-electron chi connectivity index (χ0n) is 14.1. The van der Waals surface area contributed by atoms with Gasteiger partial charge in [-0.05, 0) is 48.7 Å². The van der Waals surface area contributed by atoms with Crippen LogP contribution in [0.25, 0.3) is 11.0 Å². The first-order valence-electron chi connectivity index (χ1n) is 7.91. The normalized spacial score (nSPS) is 12.0. The molecule has 1 aromatic heterocycles. The molecule has 0 aliphatic heterocycles. The number of nitrogens with one attached hydrogen (secondary N) is 1. The highest BCUT2D eigenvalue weighted by atomic mass is 32.2. The third-order valence-corrected chi connectivity index (χ3v) is 5.69. The zero-order chi connectivity index (χ0) is 17.3. The smallest absolute Gasteiger partial charge is 0.240 e. The molecule has 24 heavy (non-hydrogen) atoms. The SMILES string of the molecule is CCc1ccc(S(=O)(=O)NCc2ccc3c(c2)nc(C)n3C)cc1. The van der Waals surface area contributed by atoms with Crippen molar-refractivity contribution < 1.29 is 8.42 Å². The summed E-state index contributed by atoms with van der Waals surface area (Å²) in [5, 5.41) is 0. The molecular formula is C18H21N3O2S. The molecular weight excluding hydrogens is 322 g/mol. The van der Waals surface area contributed by atoms with Crippen LogP contribution in [0.5, 0.6) is 0 Å². The largest absolute Gasteiger partial charge is 0.331 e. The van der Waals surface area contributed by atoms with E-state index in [1.54, 1.807) is 12.1 Å². The van der Waals surface area contributed by atoms with E-state index in [0.717, 1.165) is 34.4 Å². The van der Waals surface area contributed by atoms with Crippen LogP contribution in [-0.4, -0.2) is 18.0 Å². The molecule has 6 heteroatoms. The van der Waals surface area contributed by atoms with Gasteiger partial charge >= 0.3 is 0 Å². The van der Waals surface area contributed by atoms with Crippen molar-refractivity contribution in [3.8, 4) is 0 Å². The van der Waals surface area contributed by atoms with Crippen LogP contribution in [0.4, 0.5) is 0 Å². The highest BCUT2D eigenvalue weighted by Crippen LogP contribution is 2.17. The van der Waals surface area contributed by atoms with Gasteiger partial charge in [-0.15, -0.1) is 0 Å². The molecule has 3 aromatic rings. The maximum atomic E-state index is 12.4. The molecule has 0 atom stereocenters. The highest BCUT2D eigenvalue weighted by Gasteiger charge is 2.14. The third kappa shape index (κ3) is 3.20. The van der Waals surface area contributed by atoms with Gasteiger partial charge in [0.15, 0.2) is 0 Å². The van der Waals surface area contributed by atoms with E-state index in [1.807, 2.05) is 55.8 Å².